The molecule has 3 aliphatic rings. The molecule has 0 radical (unpaired) electrons. The van der Waals surface area contributed by atoms with Crippen molar-refractivity contribution in [3.05, 3.63) is 0 Å². The maximum Gasteiger partial charge on any atom is 0.409 e. The molecule has 2 amide bonds. The van der Waals surface area contributed by atoms with Crippen molar-refractivity contribution in [1.82, 2.24) is 9.80 Å². The van der Waals surface area contributed by atoms with E-state index >= 15 is 0 Å². The van der Waals surface area contributed by atoms with Crippen LogP contribution >= 0.6 is 0 Å². The van der Waals surface area contributed by atoms with E-state index < -0.39 is 0 Å². The third-order valence-electron chi connectivity index (χ3n) is 3.69. The third-order valence-corrected chi connectivity index (χ3v) is 3.69. The Bertz CT molecular complexity index is 404. The zero-order valence-electron chi connectivity index (χ0n) is 17.3. The van der Waals surface area contributed by atoms with E-state index in [0.29, 0.717) is 0 Å². The molecule has 4 atom stereocenters. The van der Waals surface area contributed by atoms with Gasteiger partial charge in [0.2, 0.25) is 0 Å². The van der Waals surface area contributed by atoms with E-state index in [1.165, 1.54) is 0 Å². The first-order valence-corrected chi connectivity index (χ1v) is 9.14. The first kappa shape index (κ1) is 24.0. The van der Waals surface area contributed by atoms with Crippen LogP contribution in [0.2, 0.25) is 0 Å². The number of rotatable bonds is 0. The lowest BCUT2D eigenvalue weighted by Gasteiger charge is -1.99. The van der Waals surface area contributed by atoms with Crippen molar-refractivity contribution in [1.29, 1.82) is 0 Å². The largest absolute Gasteiger partial charge is 0.462 e. The van der Waals surface area contributed by atoms with E-state index in [2.05, 4.69) is 0 Å². The quantitative estimate of drug-likeness (QED) is 0.479. The van der Waals surface area contributed by atoms with Crippen LogP contribution in [0.3, 0.4) is 0 Å². The van der Waals surface area contributed by atoms with Crippen LogP contribution in [0.15, 0.2) is 0 Å². The Kier molecular flexibility index (Phi) is 10.7. The maximum atomic E-state index is 10.6. The lowest BCUT2D eigenvalue weighted by molar-refractivity contribution is -0.143. The van der Waals surface area contributed by atoms with Gasteiger partial charge in [0, 0.05) is 14.1 Å². The molecule has 0 aromatic carbocycles. The molecule has 3 saturated heterocycles. The monoisotopic (exact) mass is 374 g/mol. The van der Waals surface area contributed by atoms with Crippen LogP contribution in [0.25, 0.3) is 0 Å². The molecular weight excluding hydrogens is 340 g/mol. The normalized spacial score (nSPS) is 29.3. The summed E-state index contributed by atoms with van der Waals surface area (Å²) < 4.78 is 14.4. The number of hydrogen-bond donors (Lipinski definition) is 0. The van der Waals surface area contributed by atoms with Crippen LogP contribution in [0.1, 0.15) is 48.0 Å². The van der Waals surface area contributed by atoms with Crippen molar-refractivity contribution < 1.29 is 28.6 Å². The average molecular weight is 374 g/mol. The Morgan fingerprint density at radius 2 is 1.12 bits per heavy atom. The number of carbonyl (C=O) groups is 3. The highest BCUT2D eigenvalue weighted by Gasteiger charge is 2.27. The second kappa shape index (κ2) is 11.6. The first-order chi connectivity index (χ1) is 12.1. The van der Waals surface area contributed by atoms with Crippen LogP contribution in [-0.4, -0.2) is 73.5 Å². The second-order valence-corrected chi connectivity index (χ2v) is 6.53. The van der Waals surface area contributed by atoms with Crippen molar-refractivity contribution in [2.45, 2.75) is 66.3 Å². The van der Waals surface area contributed by atoms with Crippen molar-refractivity contribution in [2.24, 2.45) is 5.92 Å². The van der Waals surface area contributed by atoms with Gasteiger partial charge in [-0.25, -0.2) is 9.59 Å². The van der Waals surface area contributed by atoms with E-state index in [1.54, 1.807) is 23.9 Å². The Morgan fingerprint density at radius 3 is 1.19 bits per heavy atom. The summed E-state index contributed by atoms with van der Waals surface area (Å²) in [5.41, 5.74) is 0. The number of hydrogen-bond acceptors (Lipinski definition) is 6. The van der Waals surface area contributed by atoms with Gasteiger partial charge >= 0.3 is 18.2 Å². The molecule has 0 spiro atoms. The van der Waals surface area contributed by atoms with Crippen LogP contribution in [-0.2, 0) is 19.0 Å². The standard InChI is InChI=1S/C6H10O2.2C5H9NO2.C2H6/c1-4-3-5(2)8-6(4)7;2*1-4-3-6(2)5(7)8-4;1-2/h4-5H,3H2,1-2H3;2*4H,3H2,1-2H3;1-2H3/t4?,5-;2*4-;/m000./s1. The number of amides is 2. The van der Waals surface area contributed by atoms with Crippen LogP contribution in [0.4, 0.5) is 9.59 Å². The highest BCUT2D eigenvalue weighted by atomic mass is 16.6. The predicted octanol–water partition coefficient (Wildman–Crippen LogP) is 2.90. The van der Waals surface area contributed by atoms with Gasteiger partial charge in [0.05, 0.1) is 25.1 Å². The summed E-state index contributed by atoms with van der Waals surface area (Å²) >= 11 is 0. The summed E-state index contributed by atoms with van der Waals surface area (Å²) in [6, 6.07) is 0. The molecule has 8 nitrogen and oxygen atoms in total. The zero-order chi connectivity index (χ0) is 20.4. The van der Waals surface area contributed by atoms with Gasteiger partial charge in [-0.2, -0.15) is 0 Å². The summed E-state index contributed by atoms with van der Waals surface area (Å²) in [6.45, 7) is 13.0. The summed E-state index contributed by atoms with van der Waals surface area (Å²) in [5.74, 6) is 0.0856. The van der Waals surface area contributed by atoms with Crippen molar-refractivity contribution in [3.63, 3.8) is 0 Å². The molecule has 1 unspecified atom stereocenters. The maximum absolute atomic E-state index is 10.6. The van der Waals surface area contributed by atoms with Gasteiger partial charge in [0.25, 0.3) is 0 Å². The van der Waals surface area contributed by atoms with E-state index in [-0.39, 0.29) is 42.4 Å². The fourth-order valence-corrected chi connectivity index (χ4v) is 2.48. The Morgan fingerprint density at radius 1 is 0.731 bits per heavy atom. The molecule has 8 heteroatoms. The number of carbonyl (C=O) groups excluding carboxylic acids is 3. The van der Waals surface area contributed by atoms with Crippen molar-refractivity contribution >= 4 is 18.2 Å². The summed E-state index contributed by atoms with van der Waals surface area (Å²) in [4.78, 5) is 34.7. The highest BCUT2D eigenvalue weighted by Crippen LogP contribution is 2.18. The van der Waals surface area contributed by atoms with E-state index in [4.69, 9.17) is 14.2 Å². The van der Waals surface area contributed by atoms with Gasteiger partial charge in [-0.15, -0.1) is 0 Å². The molecule has 0 N–H and O–H groups in total. The van der Waals surface area contributed by atoms with Gasteiger partial charge in [0.15, 0.2) is 0 Å². The number of cyclic esters (lactones) is 3. The SMILES string of the molecule is CC.CC1C[C@H](C)OC1=O.C[C@H]1CN(C)C(=O)O1.C[C@H]1CN(C)C(=O)O1. The van der Waals surface area contributed by atoms with Gasteiger partial charge in [0.1, 0.15) is 12.2 Å². The average Bonchev–Trinajstić information content (AvgIpc) is 3.12. The minimum absolute atomic E-state index is 0.0440. The van der Waals surface area contributed by atoms with E-state index in [0.717, 1.165) is 19.5 Å². The van der Waals surface area contributed by atoms with E-state index in [9.17, 15) is 14.4 Å². The molecule has 0 saturated carbocycles. The molecule has 3 heterocycles. The molecule has 152 valence electrons. The van der Waals surface area contributed by atoms with Gasteiger partial charge in [-0.05, 0) is 27.2 Å². The molecule has 3 rings (SSSR count). The van der Waals surface area contributed by atoms with Crippen LogP contribution < -0.4 is 0 Å². The third kappa shape index (κ3) is 8.40. The molecule has 0 bridgehead atoms. The number of ether oxygens (including phenoxy) is 3. The van der Waals surface area contributed by atoms with Gasteiger partial charge in [-0.1, -0.05) is 20.8 Å². The Labute approximate surface area is 156 Å². The molecule has 0 aromatic rings. The summed E-state index contributed by atoms with van der Waals surface area (Å²) in [6.07, 6.45) is 0.770. The fourth-order valence-electron chi connectivity index (χ4n) is 2.48. The lowest BCUT2D eigenvalue weighted by atomic mass is 10.1. The minimum Gasteiger partial charge on any atom is -0.462 e. The molecule has 3 fully saturated rings. The van der Waals surface area contributed by atoms with Crippen LogP contribution in [0.5, 0.6) is 0 Å². The van der Waals surface area contributed by atoms with Gasteiger partial charge < -0.3 is 24.0 Å². The van der Waals surface area contributed by atoms with Crippen molar-refractivity contribution in [2.75, 3.05) is 27.2 Å². The molecular formula is C18H34N2O6. The topological polar surface area (TPSA) is 85.4 Å². The number of nitrogens with zero attached hydrogens (tertiary/aromatic N) is 2. The van der Waals surface area contributed by atoms with Crippen LogP contribution in [0, 0.1) is 5.92 Å². The first-order valence-electron chi connectivity index (χ1n) is 9.14. The zero-order valence-corrected chi connectivity index (χ0v) is 17.3. The smallest absolute Gasteiger partial charge is 0.409 e. The fraction of sp³-hybridized carbons (Fsp3) is 0.833. The predicted molar refractivity (Wildman–Crippen MR) is 97.8 cm³/mol. The summed E-state index contributed by atoms with van der Waals surface area (Å²) in [7, 11) is 3.46. The Balaban J connectivity index is 0.000000344. The number of esters is 1. The second-order valence-electron chi connectivity index (χ2n) is 6.53. The molecule has 0 aromatic heterocycles. The lowest BCUT2D eigenvalue weighted by Crippen LogP contribution is -2.18. The van der Waals surface area contributed by atoms with E-state index in [1.807, 2.05) is 41.5 Å². The van der Waals surface area contributed by atoms with Gasteiger partial charge in [-0.3, -0.25) is 4.79 Å². The summed E-state index contributed by atoms with van der Waals surface area (Å²) in [5, 5.41) is 0. The number of likely N-dealkylation sites (N-methyl/N-ethyl adjacent to an activating group) is 2. The minimum atomic E-state index is -0.211. The molecule has 26 heavy (non-hydrogen) atoms. The highest BCUT2D eigenvalue weighted by molar-refractivity contribution is 5.74. The molecule has 3 aliphatic heterocycles. The molecule has 0 aliphatic carbocycles. The Hall–Kier alpha value is -1.99. The van der Waals surface area contributed by atoms with Crippen molar-refractivity contribution in [3.8, 4) is 0 Å².